The summed E-state index contributed by atoms with van der Waals surface area (Å²) in [4.78, 5) is 13.0. The summed E-state index contributed by atoms with van der Waals surface area (Å²) in [5.41, 5.74) is 2.92. The number of aromatic amines is 1. The predicted octanol–water partition coefficient (Wildman–Crippen LogP) is 3.51. The number of hydrogen-bond donors (Lipinski definition) is 2. The molecule has 1 saturated heterocycles. The molecule has 0 aliphatic carbocycles. The quantitative estimate of drug-likeness (QED) is 0.541. The minimum Gasteiger partial charge on any atom is -0.454 e. The van der Waals surface area contributed by atoms with Crippen molar-refractivity contribution in [3.05, 3.63) is 58.4 Å². The van der Waals surface area contributed by atoms with Gasteiger partial charge in [-0.1, -0.05) is 29.8 Å². The molecule has 0 radical (unpaired) electrons. The van der Waals surface area contributed by atoms with Gasteiger partial charge in [-0.3, -0.25) is 14.5 Å². The Hall–Kier alpha value is -3.17. The molecular formula is C24H26N4O4S. The first-order chi connectivity index (χ1) is 16.0. The van der Waals surface area contributed by atoms with Crippen molar-refractivity contribution in [1.29, 1.82) is 0 Å². The van der Waals surface area contributed by atoms with Crippen LogP contribution in [-0.4, -0.2) is 47.2 Å². The molecule has 3 aromatic rings. The molecule has 0 unspecified atom stereocenters. The average Bonchev–Trinajstić information content (AvgIpc) is 3.44. The maximum absolute atomic E-state index is 13.0. The Kier molecular flexibility index (Phi) is 5.90. The Labute approximate surface area is 196 Å². The molecule has 3 heterocycles. The highest BCUT2D eigenvalue weighted by molar-refractivity contribution is 7.71. The number of nitrogens with one attached hydrogen (secondary N) is 2. The molecule has 1 fully saturated rings. The standard InChI is InChI=1S/C24H26N4O4S/c1-16-3-2-4-17(11-16)22-26-27-23(33)28(22)13-21(29)25-14-24(7-9-30-10-8-24)18-5-6-19-20(12-18)32-15-31-19/h2-6,11-12H,7-10,13-15H2,1H3,(H,25,29)(H,27,33). The van der Waals surface area contributed by atoms with E-state index in [1.165, 1.54) is 0 Å². The van der Waals surface area contributed by atoms with Crippen molar-refractivity contribution in [3.63, 3.8) is 0 Å². The van der Waals surface area contributed by atoms with E-state index in [0.717, 1.165) is 41.0 Å². The van der Waals surface area contributed by atoms with Crippen LogP contribution in [0.3, 0.4) is 0 Å². The lowest BCUT2D eigenvalue weighted by Gasteiger charge is -2.38. The summed E-state index contributed by atoms with van der Waals surface area (Å²) >= 11 is 5.40. The van der Waals surface area contributed by atoms with Gasteiger partial charge in [0, 0.05) is 30.7 Å². The van der Waals surface area contributed by atoms with Gasteiger partial charge in [-0.15, -0.1) is 0 Å². The average molecular weight is 467 g/mol. The molecule has 1 aromatic heterocycles. The molecule has 2 aromatic carbocycles. The van der Waals surface area contributed by atoms with Crippen molar-refractivity contribution in [1.82, 2.24) is 20.1 Å². The molecule has 0 atom stereocenters. The molecule has 1 amide bonds. The Morgan fingerprint density at radius 1 is 1.18 bits per heavy atom. The molecule has 0 saturated carbocycles. The summed E-state index contributed by atoms with van der Waals surface area (Å²) in [6.07, 6.45) is 1.62. The summed E-state index contributed by atoms with van der Waals surface area (Å²) in [7, 11) is 0. The van der Waals surface area contributed by atoms with Gasteiger partial charge in [0.1, 0.15) is 6.54 Å². The first-order valence-electron chi connectivity index (χ1n) is 11.0. The van der Waals surface area contributed by atoms with Gasteiger partial charge in [-0.2, -0.15) is 5.10 Å². The van der Waals surface area contributed by atoms with Gasteiger partial charge in [0.05, 0.1) is 0 Å². The summed E-state index contributed by atoms with van der Waals surface area (Å²) in [5, 5.41) is 10.3. The maximum Gasteiger partial charge on any atom is 0.240 e. The van der Waals surface area contributed by atoms with E-state index in [2.05, 4.69) is 21.6 Å². The zero-order valence-corrected chi connectivity index (χ0v) is 19.2. The van der Waals surface area contributed by atoms with Crippen LogP contribution in [0.5, 0.6) is 11.5 Å². The van der Waals surface area contributed by atoms with E-state index in [9.17, 15) is 4.79 Å². The zero-order valence-electron chi connectivity index (χ0n) is 18.4. The van der Waals surface area contributed by atoms with Crippen LogP contribution in [0.2, 0.25) is 0 Å². The summed E-state index contributed by atoms with van der Waals surface area (Å²) in [6.45, 7) is 4.14. The SMILES string of the molecule is Cc1cccc(-c2n[nH]c(=S)n2CC(=O)NCC2(c3ccc4c(c3)OCO4)CCOCC2)c1. The third kappa shape index (κ3) is 4.38. The summed E-state index contributed by atoms with van der Waals surface area (Å²) in [6, 6.07) is 14.0. The van der Waals surface area contributed by atoms with Gasteiger partial charge < -0.3 is 19.5 Å². The van der Waals surface area contributed by atoms with Crippen molar-refractivity contribution in [2.45, 2.75) is 31.7 Å². The van der Waals surface area contributed by atoms with E-state index in [4.69, 9.17) is 26.4 Å². The van der Waals surface area contributed by atoms with E-state index in [0.29, 0.717) is 30.4 Å². The second-order valence-electron chi connectivity index (χ2n) is 8.55. The lowest BCUT2D eigenvalue weighted by Crippen LogP contribution is -2.45. The fourth-order valence-corrected chi connectivity index (χ4v) is 4.69. The minimum atomic E-state index is -0.230. The number of rotatable bonds is 6. The maximum atomic E-state index is 13.0. The van der Waals surface area contributed by atoms with Crippen molar-refractivity contribution >= 4 is 18.1 Å². The van der Waals surface area contributed by atoms with Gasteiger partial charge in [0.2, 0.25) is 12.7 Å². The Morgan fingerprint density at radius 2 is 2.00 bits per heavy atom. The van der Waals surface area contributed by atoms with Gasteiger partial charge in [0.15, 0.2) is 22.1 Å². The number of nitrogens with zero attached hydrogens (tertiary/aromatic N) is 2. The number of H-pyrrole nitrogens is 1. The number of carbonyl (C=O) groups is 1. The lowest BCUT2D eigenvalue weighted by atomic mass is 9.74. The van der Waals surface area contributed by atoms with Crippen LogP contribution >= 0.6 is 12.2 Å². The second-order valence-corrected chi connectivity index (χ2v) is 8.93. The number of ether oxygens (including phenoxy) is 3. The van der Waals surface area contributed by atoms with E-state index >= 15 is 0 Å². The van der Waals surface area contributed by atoms with Gasteiger partial charge in [0.25, 0.3) is 0 Å². The fraction of sp³-hybridized carbons (Fsp3) is 0.375. The van der Waals surface area contributed by atoms with Crippen molar-refractivity contribution < 1.29 is 19.0 Å². The molecule has 0 bridgehead atoms. The lowest BCUT2D eigenvalue weighted by molar-refractivity contribution is -0.122. The van der Waals surface area contributed by atoms with Crippen molar-refractivity contribution in [3.8, 4) is 22.9 Å². The second kappa shape index (κ2) is 8.99. The van der Waals surface area contributed by atoms with Gasteiger partial charge in [-0.25, -0.2) is 0 Å². The minimum absolute atomic E-state index is 0.0896. The topological polar surface area (TPSA) is 90.4 Å². The Balaban J connectivity index is 1.34. The largest absolute Gasteiger partial charge is 0.454 e. The van der Waals surface area contributed by atoms with E-state index < -0.39 is 0 Å². The van der Waals surface area contributed by atoms with Crippen LogP contribution in [0.25, 0.3) is 11.4 Å². The van der Waals surface area contributed by atoms with Crippen LogP contribution in [0, 0.1) is 11.7 Å². The number of aryl methyl sites for hydroxylation is 1. The third-order valence-corrected chi connectivity index (χ3v) is 6.71. The van der Waals surface area contributed by atoms with Gasteiger partial charge in [-0.05, 0) is 55.7 Å². The highest BCUT2D eigenvalue weighted by Crippen LogP contribution is 2.40. The molecule has 9 heteroatoms. The fourth-order valence-electron chi connectivity index (χ4n) is 4.49. The highest BCUT2D eigenvalue weighted by Gasteiger charge is 2.36. The van der Waals surface area contributed by atoms with Gasteiger partial charge >= 0.3 is 0 Å². The molecule has 0 spiro atoms. The van der Waals surface area contributed by atoms with Crippen LogP contribution in [0.1, 0.15) is 24.0 Å². The van der Waals surface area contributed by atoms with E-state index in [1.807, 2.05) is 43.3 Å². The number of benzene rings is 2. The van der Waals surface area contributed by atoms with Crippen molar-refractivity contribution in [2.75, 3.05) is 26.6 Å². The molecule has 2 aliphatic rings. The molecule has 2 N–H and O–H groups in total. The first-order valence-corrected chi connectivity index (χ1v) is 11.4. The predicted molar refractivity (Wildman–Crippen MR) is 125 cm³/mol. The van der Waals surface area contributed by atoms with Crippen molar-refractivity contribution in [2.24, 2.45) is 0 Å². The summed E-state index contributed by atoms with van der Waals surface area (Å²) in [5.74, 6) is 2.03. The van der Waals surface area contributed by atoms with Crippen LogP contribution in [0.15, 0.2) is 42.5 Å². The van der Waals surface area contributed by atoms with E-state index in [-0.39, 0.29) is 24.7 Å². The van der Waals surface area contributed by atoms with E-state index in [1.54, 1.807) is 4.57 Å². The normalized spacial score (nSPS) is 16.5. The number of aromatic nitrogens is 3. The number of hydrogen-bond acceptors (Lipinski definition) is 6. The third-order valence-electron chi connectivity index (χ3n) is 6.40. The molecular weight excluding hydrogens is 440 g/mol. The van der Waals surface area contributed by atoms with Crippen LogP contribution in [-0.2, 0) is 21.5 Å². The Bertz CT molecular complexity index is 1230. The number of fused-ring (bicyclic) bond motifs is 1. The molecule has 2 aliphatic heterocycles. The smallest absolute Gasteiger partial charge is 0.240 e. The molecule has 33 heavy (non-hydrogen) atoms. The zero-order chi connectivity index (χ0) is 22.8. The molecule has 8 nitrogen and oxygen atoms in total. The molecule has 172 valence electrons. The summed E-state index contributed by atoms with van der Waals surface area (Å²) < 4.78 is 18.8. The number of amides is 1. The Morgan fingerprint density at radius 3 is 2.82 bits per heavy atom. The number of carbonyl (C=O) groups excluding carboxylic acids is 1. The monoisotopic (exact) mass is 466 g/mol. The first kappa shape index (κ1) is 21.7. The van der Waals surface area contributed by atoms with Crippen LogP contribution in [0.4, 0.5) is 0 Å². The van der Waals surface area contributed by atoms with Crippen LogP contribution < -0.4 is 14.8 Å². The highest BCUT2D eigenvalue weighted by atomic mass is 32.1. The molecule has 5 rings (SSSR count).